The second-order valence-electron chi connectivity index (χ2n) is 7.49. The van der Waals surface area contributed by atoms with Gasteiger partial charge in [0.15, 0.2) is 0 Å². The number of aromatic nitrogens is 2. The number of hydrogen-bond donors (Lipinski definition) is 1. The molecule has 0 saturated carbocycles. The van der Waals surface area contributed by atoms with Gasteiger partial charge in [0, 0.05) is 19.0 Å². The number of hydrogen-bond acceptors (Lipinski definition) is 2. The molecule has 140 valence electrons. The predicted octanol–water partition coefficient (Wildman–Crippen LogP) is 4.85. The summed E-state index contributed by atoms with van der Waals surface area (Å²) in [6.07, 6.45) is 3.87. The Hall–Kier alpha value is -2.62. The third kappa shape index (κ3) is 3.75. The summed E-state index contributed by atoms with van der Waals surface area (Å²) in [5.41, 5.74) is 3.26. The maximum atomic E-state index is 13.2. The van der Waals surface area contributed by atoms with E-state index in [1.54, 1.807) is 0 Å². The van der Waals surface area contributed by atoms with Crippen LogP contribution in [0.4, 0.5) is 0 Å². The molecule has 2 aromatic carbocycles. The van der Waals surface area contributed by atoms with Crippen LogP contribution in [0, 0.1) is 0 Å². The largest absolute Gasteiger partial charge is 0.342 e. The fourth-order valence-corrected chi connectivity index (χ4v) is 4.17. The number of rotatable bonds is 5. The zero-order valence-electron chi connectivity index (χ0n) is 15.9. The highest BCUT2D eigenvalue weighted by atomic mass is 16.2. The van der Waals surface area contributed by atoms with E-state index in [0.29, 0.717) is 5.92 Å². The number of carbonyl (C=O) groups excluding carboxylic acids is 1. The van der Waals surface area contributed by atoms with Crippen LogP contribution in [0.2, 0.25) is 0 Å². The lowest BCUT2D eigenvalue weighted by Crippen LogP contribution is -2.40. The molecule has 27 heavy (non-hydrogen) atoms. The van der Waals surface area contributed by atoms with Crippen LogP contribution >= 0.6 is 0 Å². The molecule has 1 aliphatic rings. The molecule has 0 spiro atoms. The minimum absolute atomic E-state index is 0.0149. The molecule has 1 atom stereocenters. The van der Waals surface area contributed by atoms with Gasteiger partial charge in [0.2, 0.25) is 5.91 Å². The van der Waals surface area contributed by atoms with Gasteiger partial charge >= 0.3 is 0 Å². The molecule has 4 nitrogen and oxygen atoms in total. The first-order valence-corrected chi connectivity index (χ1v) is 10.0. The minimum atomic E-state index is -0.0149. The van der Waals surface area contributed by atoms with Gasteiger partial charge in [0.25, 0.3) is 0 Å². The van der Waals surface area contributed by atoms with E-state index in [0.717, 1.165) is 61.2 Å². The summed E-state index contributed by atoms with van der Waals surface area (Å²) < 4.78 is 0. The first-order chi connectivity index (χ1) is 13.3. The fourth-order valence-electron chi connectivity index (χ4n) is 4.17. The average Bonchev–Trinajstić information content (AvgIpc) is 3.16. The zero-order valence-corrected chi connectivity index (χ0v) is 15.9. The Morgan fingerprint density at radius 2 is 1.81 bits per heavy atom. The minimum Gasteiger partial charge on any atom is -0.342 e. The highest BCUT2D eigenvalue weighted by Crippen LogP contribution is 2.30. The fraction of sp³-hybridized carbons (Fsp3) is 0.391. The number of aromatic amines is 1. The molecule has 1 aliphatic heterocycles. The van der Waals surface area contributed by atoms with Crippen molar-refractivity contribution in [2.75, 3.05) is 13.1 Å². The van der Waals surface area contributed by atoms with Crippen molar-refractivity contribution >= 4 is 16.9 Å². The predicted molar refractivity (Wildman–Crippen MR) is 109 cm³/mol. The van der Waals surface area contributed by atoms with Gasteiger partial charge in [0.05, 0.1) is 17.0 Å². The summed E-state index contributed by atoms with van der Waals surface area (Å²) in [6.45, 7) is 3.78. The quantitative estimate of drug-likeness (QED) is 0.706. The van der Waals surface area contributed by atoms with Gasteiger partial charge in [-0.3, -0.25) is 4.79 Å². The van der Waals surface area contributed by atoms with Crippen molar-refractivity contribution in [1.82, 2.24) is 14.9 Å². The molecule has 2 heterocycles. The number of fused-ring (bicyclic) bond motifs is 1. The summed E-state index contributed by atoms with van der Waals surface area (Å²) in [5.74, 6) is 1.74. The molecule has 1 aromatic heterocycles. The van der Waals surface area contributed by atoms with Crippen LogP contribution in [-0.2, 0) is 4.79 Å². The van der Waals surface area contributed by atoms with Gasteiger partial charge in [-0.1, -0.05) is 55.8 Å². The van der Waals surface area contributed by atoms with E-state index < -0.39 is 0 Å². The van der Waals surface area contributed by atoms with Crippen molar-refractivity contribution in [2.45, 2.75) is 44.4 Å². The number of piperidine rings is 1. The average molecular weight is 361 g/mol. The van der Waals surface area contributed by atoms with E-state index in [2.05, 4.69) is 35.0 Å². The highest BCUT2D eigenvalue weighted by molar-refractivity contribution is 5.84. The maximum Gasteiger partial charge on any atom is 0.230 e. The van der Waals surface area contributed by atoms with Gasteiger partial charge < -0.3 is 9.88 Å². The second-order valence-corrected chi connectivity index (χ2v) is 7.49. The number of carbonyl (C=O) groups is 1. The van der Waals surface area contributed by atoms with Crippen LogP contribution in [0.25, 0.3) is 11.0 Å². The van der Waals surface area contributed by atoms with Crippen LogP contribution in [0.1, 0.15) is 55.8 Å². The first kappa shape index (κ1) is 17.8. The summed E-state index contributed by atoms with van der Waals surface area (Å²) >= 11 is 0. The Morgan fingerprint density at radius 1 is 1.11 bits per heavy atom. The Kier molecular flexibility index (Phi) is 5.23. The first-order valence-electron chi connectivity index (χ1n) is 10.0. The smallest absolute Gasteiger partial charge is 0.230 e. The van der Waals surface area contributed by atoms with Crippen LogP contribution < -0.4 is 0 Å². The van der Waals surface area contributed by atoms with Gasteiger partial charge in [0.1, 0.15) is 5.82 Å². The summed E-state index contributed by atoms with van der Waals surface area (Å²) in [4.78, 5) is 23.5. The van der Waals surface area contributed by atoms with E-state index in [4.69, 9.17) is 4.98 Å². The molecule has 0 radical (unpaired) electrons. The molecule has 1 amide bonds. The number of H-pyrrole nitrogens is 1. The van der Waals surface area contributed by atoms with Crippen molar-refractivity contribution < 1.29 is 4.79 Å². The van der Waals surface area contributed by atoms with Crippen LogP contribution in [0.5, 0.6) is 0 Å². The summed E-state index contributed by atoms with van der Waals surface area (Å²) in [7, 11) is 0. The van der Waals surface area contributed by atoms with E-state index in [1.165, 1.54) is 0 Å². The SMILES string of the molecule is CCCC(C(=O)N1CCC(c2nc3ccccc3[nH]2)CC1)c1ccccc1. The molecule has 1 saturated heterocycles. The Bertz CT molecular complexity index is 861. The molecule has 4 rings (SSSR count). The normalized spacial score (nSPS) is 16.6. The van der Waals surface area contributed by atoms with Crippen LogP contribution in [0.3, 0.4) is 0 Å². The Morgan fingerprint density at radius 3 is 2.52 bits per heavy atom. The molecule has 4 heteroatoms. The highest BCUT2D eigenvalue weighted by Gasteiger charge is 2.30. The van der Waals surface area contributed by atoms with Gasteiger partial charge in [-0.25, -0.2) is 4.98 Å². The van der Waals surface area contributed by atoms with Gasteiger partial charge in [-0.15, -0.1) is 0 Å². The summed E-state index contributed by atoms with van der Waals surface area (Å²) in [5, 5.41) is 0. The number of amides is 1. The summed E-state index contributed by atoms with van der Waals surface area (Å²) in [6, 6.07) is 18.4. The molecule has 1 fully saturated rings. The van der Waals surface area contributed by atoms with Crippen molar-refractivity contribution in [3.8, 4) is 0 Å². The van der Waals surface area contributed by atoms with Gasteiger partial charge in [-0.2, -0.15) is 0 Å². The second kappa shape index (κ2) is 7.95. The third-order valence-electron chi connectivity index (χ3n) is 5.68. The monoisotopic (exact) mass is 361 g/mol. The number of nitrogens with one attached hydrogen (secondary N) is 1. The molecule has 3 aromatic rings. The van der Waals surface area contributed by atoms with Crippen molar-refractivity contribution in [2.24, 2.45) is 0 Å². The lowest BCUT2D eigenvalue weighted by molar-refractivity contribution is -0.134. The van der Waals surface area contributed by atoms with Crippen LogP contribution in [0.15, 0.2) is 54.6 Å². The number of benzene rings is 2. The van der Waals surface area contributed by atoms with Crippen molar-refractivity contribution in [3.05, 3.63) is 66.0 Å². The van der Waals surface area contributed by atoms with Crippen molar-refractivity contribution in [1.29, 1.82) is 0 Å². The van der Waals surface area contributed by atoms with Crippen LogP contribution in [-0.4, -0.2) is 33.9 Å². The molecule has 1 N–H and O–H groups in total. The maximum absolute atomic E-state index is 13.2. The van der Waals surface area contributed by atoms with E-state index in [-0.39, 0.29) is 11.8 Å². The Balaban J connectivity index is 1.44. The number of imidazole rings is 1. The van der Waals surface area contributed by atoms with E-state index in [9.17, 15) is 4.79 Å². The standard InChI is InChI=1S/C23H27N3O/c1-2-8-19(17-9-4-3-5-10-17)23(27)26-15-13-18(14-16-26)22-24-20-11-6-7-12-21(20)25-22/h3-7,9-12,18-19H,2,8,13-16H2,1H3,(H,24,25). The number of para-hydroxylation sites is 2. The van der Waals surface area contributed by atoms with E-state index >= 15 is 0 Å². The molecule has 0 aliphatic carbocycles. The van der Waals surface area contributed by atoms with Crippen molar-refractivity contribution in [3.63, 3.8) is 0 Å². The lowest BCUT2D eigenvalue weighted by Gasteiger charge is -2.33. The Labute approximate surface area is 160 Å². The molecular weight excluding hydrogens is 334 g/mol. The third-order valence-corrected chi connectivity index (χ3v) is 5.68. The van der Waals surface area contributed by atoms with Gasteiger partial charge in [-0.05, 0) is 37.0 Å². The lowest BCUT2D eigenvalue weighted by atomic mass is 9.90. The molecular formula is C23H27N3O. The molecule has 0 bridgehead atoms. The number of nitrogens with zero attached hydrogens (tertiary/aromatic N) is 2. The molecule has 1 unspecified atom stereocenters. The topological polar surface area (TPSA) is 49.0 Å². The zero-order chi connectivity index (χ0) is 18.6. The number of likely N-dealkylation sites (tertiary alicyclic amines) is 1. The van der Waals surface area contributed by atoms with E-state index in [1.807, 2.05) is 36.4 Å².